The van der Waals surface area contributed by atoms with Gasteiger partial charge in [0.2, 0.25) is 0 Å². The highest BCUT2D eigenvalue weighted by Crippen LogP contribution is 2.26. The number of esters is 2. The van der Waals surface area contributed by atoms with Crippen LogP contribution >= 0.6 is 0 Å². The van der Waals surface area contributed by atoms with Crippen LogP contribution in [0.1, 0.15) is 110 Å². The second-order valence-electron chi connectivity index (χ2n) is 13.3. The van der Waals surface area contributed by atoms with E-state index in [4.69, 9.17) is 9.47 Å². The molecule has 0 aromatic rings. The third kappa shape index (κ3) is 20.5. The summed E-state index contributed by atoms with van der Waals surface area (Å²) in [6.07, 6.45) is 7.03. The molecule has 0 radical (unpaired) electrons. The Morgan fingerprint density at radius 1 is 0.533 bits per heavy atom. The quantitative estimate of drug-likeness (QED) is 0.0412. The third-order valence-corrected chi connectivity index (χ3v) is 8.89. The summed E-state index contributed by atoms with van der Waals surface area (Å²) in [4.78, 5) is 24.0. The zero-order valence-corrected chi connectivity index (χ0v) is 27.8. The van der Waals surface area contributed by atoms with E-state index in [2.05, 4.69) is 0 Å². The minimum Gasteiger partial charge on any atom is -0.466 e. The molecule has 12 nitrogen and oxygen atoms in total. The number of ether oxygens (including phenoxy) is 2. The van der Waals surface area contributed by atoms with Crippen LogP contribution in [0.2, 0.25) is 0 Å². The Labute approximate surface area is 269 Å². The number of carbonyl (C=O) groups is 2. The number of hydrogen-bond acceptors (Lipinski definition) is 12. The minimum absolute atomic E-state index is 0.123. The first-order valence-electron chi connectivity index (χ1n) is 16.8. The SMILES string of the molecule is CC(CCOC(=O)CCCCCCCC(=O)OCCC(C)CC(O)CCC(CO)(CO)CO)CC(O)CCC(CO)(CO)CO. The van der Waals surface area contributed by atoms with Gasteiger partial charge in [0, 0.05) is 23.7 Å². The van der Waals surface area contributed by atoms with Crippen molar-refractivity contribution < 1.29 is 59.9 Å². The standard InChI is InChI=1S/C33H64O12/c1-26(18-28(40)10-14-32(20-34,21-35)22-36)12-16-44-30(42)8-6-4-3-5-7-9-31(43)45-17-13-27(2)19-29(41)11-15-33(23-37,24-38)25-39/h26-29,34-41H,3-25H2,1-2H3. The molecule has 0 aliphatic rings. The molecule has 8 N–H and O–H groups in total. The number of rotatable bonds is 30. The van der Waals surface area contributed by atoms with E-state index in [0.717, 1.165) is 19.3 Å². The molecule has 0 amide bonds. The Morgan fingerprint density at radius 3 is 1.16 bits per heavy atom. The summed E-state index contributed by atoms with van der Waals surface area (Å²) in [6, 6.07) is 0. The Morgan fingerprint density at radius 2 is 0.844 bits per heavy atom. The van der Waals surface area contributed by atoms with Crippen LogP contribution in [0.25, 0.3) is 0 Å². The van der Waals surface area contributed by atoms with Gasteiger partial charge in [-0.15, -0.1) is 0 Å². The lowest BCUT2D eigenvalue weighted by Gasteiger charge is -2.28. The fourth-order valence-corrected chi connectivity index (χ4v) is 5.08. The maximum absolute atomic E-state index is 12.0. The van der Waals surface area contributed by atoms with Gasteiger partial charge in [-0.25, -0.2) is 0 Å². The molecular weight excluding hydrogens is 588 g/mol. The van der Waals surface area contributed by atoms with Crippen LogP contribution in [0, 0.1) is 22.7 Å². The molecule has 0 spiro atoms. The smallest absolute Gasteiger partial charge is 0.305 e. The van der Waals surface area contributed by atoms with E-state index < -0.39 is 23.0 Å². The second kappa shape index (κ2) is 25.7. The number of aliphatic hydroxyl groups excluding tert-OH is 8. The average Bonchev–Trinajstić information content (AvgIpc) is 3.02. The topological polar surface area (TPSA) is 214 Å². The van der Waals surface area contributed by atoms with E-state index in [0.29, 0.717) is 77.0 Å². The zero-order chi connectivity index (χ0) is 34.1. The molecule has 4 unspecified atom stereocenters. The van der Waals surface area contributed by atoms with E-state index in [9.17, 15) is 50.4 Å². The fraction of sp³-hybridized carbons (Fsp3) is 0.939. The van der Waals surface area contributed by atoms with Crippen molar-refractivity contribution >= 4 is 11.9 Å². The first-order chi connectivity index (χ1) is 21.4. The second-order valence-corrected chi connectivity index (χ2v) is 13.3. The minimum atomic E-state index is -0.985. The molecule has 0 bridgehead atoms. The lowest BCUT2D eigenvalue weighted by molar-refractivity contribution is -0.145. The number of hydrogen-bond donors (Lipinski definition) is 8. The van der Waals surface area contributed by atoms with Gasteiger partial charge >= 0.3 is 11.9 Å². The van der Waals surface area contributed by atoms with Crippen LogP contribution in [0.4, 0.5) is 0 Å². The first kappa shape index (κ1) is 43.6. The summed E-state index contributed by atoms with van der Waals surface area (Å²) in [5.74, 6) is -0.254. The van der Waals surface area contributed by atoms with Crippen LogP contribution in [-0.2, 0) is 19.1 Å². The van der Waals surface area contributed by atoms with E-state index in [1.165, 1.54) is 0 Å². The van der Waals surface area contributed by atoms with Gasteiger partial charge in [0.05, 0.1) is 65.1 Å². The van der Waals surface area contributed by atoms with Crippen molar-refractivity contribution in [3.63, 3.8) is 0 Å². The van der Waals surface area contributed by atoms with Crippen LogP contribution in [-0.4, -0.2) is 118 Å². The maximum atomic E-state index is 12.0. The van der Waals surface area contributed by atoms with Gasteiger partial charge in [-0.1, -0.05) is 33.1 Å². The monoisotopic (exact) mass is 652 g/mol. The Balaban J connectivity index is 3.83. The zero-order valence-electron chi connectivity index (χ0n) is 27.8. The van der Waals surface area contributed by atoms with Crippen LogP contribution in [0.3, 0.4) is 0 Å². The molecule has 0 heterocycles. The van der Waals surface area contributed by atoms with Crippen molar-refractivity contribution in [2.75, 3.05) is 52.9 Å². The Kier molecular flexibility index (Phi) is 24.9. The number of unbranched alkanes of at least 4 members (excludes halogenated alkanes) is 4. The van der Waals surface area contributed by atoms with E-state index >= 15 is 0 Å². The van der Waals surface area contributed by atoms with Gasteiger partial charge < -0.3 is 50.3 Å². The molecule has 0 aliphatic carbocycles. The van der Waals surface area contributed by atoms with Crippen molar-refractivity contribution in [3.8, 4) is 0 Å². The highest BCUT2D eigenvalue weighted by atomic mass is 16.5. The van der Waals surface area contributed by atoms with Gasteiger partial charge in [-0.3, -0.25) is 9.59 Å². The molecular formula is C33H64O12. The molecule has 4 atom stereocenters. The largest absolute Gasteiger partial charge is 0.466 e. The lowest BCUT2D eigenvalue weighted by Crippen LogP contribution is -2.35. The summed E-state index contributed by atoms with van der Waals surface area (Å²) >= 11 is 0. The molecule has 268 valence electrons. The van der Waals surface area contributed by atoms with Crippen molar-refractivity contribution in [3.05, 3.63) is 0 Å². The van der Waals surface area contributed by atoms with Gasteiger partial charge in [0.25, 0.3) is 0 Å². The molecule has 0 aromatic carbocycles. The Hall–Kier alpha value is -1.38. The van der Waals surface area contributed by atoms with Crippen molar-refractivity contribution in [1.29, 1.82) is 0 Å². The third-order valence-electron chi connectivity index (χ3n) is 8.89. The molecule has 0 fully saturated rings. The normalized spacial score (nSPS) is 15.0. The van der Waals surface area contributed by atoms with Gasteiger partial charge in [-0.2, -0.15) is 0 Å². The molecule has 0 saturated carbocycles. The molecule has 45 heavy (non-hydrogen) atoms. The van der Waals surface area contributed by atoms with Crippen LogP contribution in [0.15, 0.2) is 0 Å². The summed E-state index contributed by atoms with van der Waals surface area (Å²) in [7, 11) is 0. The predicted octanol–water partition coefficient (Wildman–Crippen LogP) is 1.84. The molecule has 0 saturated heterocycles. The summed E-state index contributed by atoms with van der Waals surface area (Å²) < 4.78 is 10.6. The predicted molar refractivity (Wildman–Crippen MR) is 169 cm³/mol. The van der Waals surface area contributed by atoms with Crippen molar-refractivity contribution in [2.45, 2.75) is 122 Å². The molecule has 0 rings (SSSR count). The summed E-state index contributed by atoms with van der Waals surface area (Å²) in [5.41, 5.74) is -1.97. The maximum Gasteiger partial charge on any atom is 0.305 e. The van der Waals surface area contributed by atoms with E-state index in [1.54, 1.807) is 0 Å². The number of aliphatic hydroxyl groups is 8. The first-order valence-corrected chi connectivity index (χ1v) is 16.8. The van der Waals surface area contributed by atoms with Crippen molar-refractivity contribution in [1.82, 2.24) is 0 Å². The average molecular weight is 653 g/mol. The highest BCUT2D eigenvalue weighted by molar-refractivity contribution is 5.69. The molecule has 12 heteroatoms. The van der Waals surface area contributed by atoms with E-state index in [1.807, 2.05) is 13.8 Å². The Bertz CT molecular complexity index is 665. The van der Waals surface area contributed by atoms with Crippen LogP contribution in [0.5, 0.6) is 0 Å². The summed E-state index contributed by atoms with van der Waals surface area (Å²) in [6.45, 7) is 2.40. The fourth-order valence-electron chi connectivity index (χ4n) is 5.08. The van der Waals surface area contributed by atoms with Gasteiger partial charge in [-0.05, 0) is 76.0 Å². The van der Waals surface area contributed by atoms with Gasteiger partial charge in [0.15, 0.2) is 0 Å². The molecule has 0 aliphatic heterocycles. The van der Waals surface area contributed by atoms with E-state index in [-0.39, 0.29) is 76.6 Å². The molecule has 0 aromatic heterocycles. The van der Waals surface area contributed by atoms with Crippen LogP contribution < -0.4 is 0 Å². The number of carbonyl (C=O) groups excluding carboxylic acids is 2. The lowest BCUT2D eigenvalue weighted by atomic mass is 9.83. The van der Waals surface area contributed by atoms with Crippen molar-refractivity contribution in [2.24, 2.45) is 22.7 Å². The van der Waals surface area contributed by atoms with Gasteiger partial charge in [0.1, 0.15) is 0 Å². The summed E-state index contributed by atoms with van der Waals surface area (Å²) in [5, 5.41) is 76.8. The highest BCUT2D eigenvalue weighted by Gasteiger charge is 2.30.